The summed E-state index contributed by atoms with van der Waals surface area (Å²) in [6.45, 7) is 4.22. The molecule has 1 heterocycles. The molecule has 0 aliphatic carbocycles. The maximum absolute atomic E-state index is 11.1. The molecule has 0 spiro atoms. The molecule has 0 atom stereocenters. The Morgan fingerprint density at radius 1 is 1.31 bits per heavy atom. The highest BCUT2D eigenvalue weighted by molar-refractivity contribution is 5.85. The fourth-order valence-electron chi connectivity index (χ4n) is 2.22. The Morgan fingerprint density at radius 2 is 2.00 bits per heavy atom. The van der Waals surface area contributed by atoms with Gasteiger partial charge in [-0.05, 0) is 37.4 Å². The van der Waals surface area contributed by atoms with Crippen LogP contribution < -0.4 is 0 Å². The Kier molecular flexibility index (Phi) is 4.97. The summed E-state index contributed by atoms with van der Waals surface area (Å²) in [6.07, 6.45) is 2.30. The highest BCUT2D eigenvalue weighted by Gasteiger charge is 2.14. The quantitative estimate of drug-likeness (QED) is 0.790. The van der Waals surface area contributed by atoms with Gasteiger partial charge < -0.3 is 0 Å². The monoisotopic (exact) mass is 239 g/mol. The van der Waals surface area contributed by atoms with Gasteiger partial charge in [0.15, 0.2) is 0 Å². The van der Waals surface area contributed by atoms with Crippen molar-refractivity contribution in [3.63, 3.8) is 0 Å². The van der Waals surface area contributed by atoms with E-state index in [2.05, 4.69) is 29.2 Å². The fourth-order valence-corrected chi connectivity index (χ4v) is 2.22. The first kappa shape index (κ1) is 13.2. The molecule has 1 aliphatic rings. The van der Waals surface area contributed by atoms with Crippen molar-refractivity contribution in [1.82, 2.24) is 4.90 Å². The van der Waals surface area contributed by atoms with Crippen molar-refractivity contribution < 1.29 is 4.79 Å². The maximum atomic E-state index is 11.1. The van der Waals surface area contributed by atoms with E-state index >= 15 is 0 Å². The number of rotatable bonds is 2. The van der Waals surface area contributed by atoms with Crippen molar-refractivity contribution in [1.29, 1.82) is 0 Å². The van der Waals surface area contributed by atoms with Crippen LogP contribution in [-0.2, 0) is 17.8 Å². The standard InChI is InChI=1S/C13H17NO.ClH/c1-11(15)9-14-8-4-7-12-5-2-3-6-13(12)10-14;/h2-3,5-6H,4,7-10H2,1H3;1H. The smallest absolute Gasteiger partial charge is 0.143 e. The molecule has 2 rings (SSSR count). The summed E-state index contributed by atoms with van der Waals surface area (Å²) in [5.41, 5.74) is 2.83. The molecule has 0 N–H and O–H groups in total. The molecule has 0 amide bonds. The minimum absolute atomic E-state index is 0. The first-order chi connectivity index (χ1) is 7.25. The predicted octanol–water partition coefficient (Wildman–Crippen LogP) is 2.45. The maximum Gasteiger partial charge on any atom is 0.143 e. The van der Waals surface area contributed by atoms with E-state index in [0.717, 1.165) is 25.9 Å². The summed E-state index contributed by atoms with van der Waals surface area (Å²) >= 11 is 0. The molecule has 0 radical (unpaired) electrons. The summed E-state index contributed by atoms with van der Waals surface area (Å²) < 4.78 is 0. The van der Waals surface area contributed by atoms with Crippen molar-refractivity contribution in [2.45, 2.75) is 26.3 Å². The average Bonchev–Trinajstić information content (AvgIpc) is 2.38. The molecule has 2 nitrogen and oxygen atoms in total. The van der Waals surface area contributed by atoms with Gasteiger partial charge in [-0.25, -0.2) is 0 Å². The van der Waals surface area contributed by atoms with Crippen molar-refractivity contribution in [3.05, 3.63) is 35.4 Å². The Labute approximate surface area is 103 Å². The molecule has 0 saturated heterocycles. The number of hydrogen-bond donors (Lipinski definition) is 0. The van der Waals surface area contributed by atoms with Crippen molar-refractivity contribution in [2.75, 3.05) is 13.1 Å². The zero-order valence-electron chi connectivity index (χ0n) is 9.61. The lowest BCUT2D eigenvalue weighted by Gasteiger charge is -2.18. The summed E-state index contributed by atoms with van der Waals surface area (Å²) in [4.78, 5) is 13.3. The lowest BCUT2D eigenvalue weighted by Crippen LogP contribution is -2.28. The zero-order valence-corrected chi connectivity index (χ0v) is 10.4. The van der Waals surface area contributed by atoms with Crippen LogP contribution in [0.25, 0.3) is 0 Å². The third kappa shape index (κ3) is 3.32. The van der Waals surface area contributed by atoms with Gasteiger partial charge in [0.1, 0.15) is 5.78 Å². The van der Waals surface area contributed by atoms with Crippen LogP contribution in [0.4, 0.5) is 0 Å². The van der Waals surface area contributed by atoms with Gasteiger partial charge in [0.2, 0.25) is 0 Å². The number of fused-ring (bicyclic) bond motifs is 1. The molecule has 0 aromatic heterocycles. The Balaban J connectivity index is 0.00000128. The minimum atomic E-state index is 0. The molecule has 0 bridgehead atoms. The first-order valence-corrected chi connectivity index (χ1v) is 5.54. The van der Waals surface area contributed by atoms with Crippen molar-refractivity contribution in [2.24, 2.45) is 0 Å². The van der Waals surface area contributed by atoms with Crippen molar-refractivity contribution in [3.8, 4) is 0 Å². The van der Waals surface area contributed by atoms with Crippen LogP contribution in [0.3, 0.4) is 0 Å². The largest absolute Gasteiger partial charge is 0.299 e. The number of Topliss-reactive ketones (excluding diaryl/α,β-unsaturated/α-hetero) is 1. The zero-order chi connectivity index (χ0) is 10.7. The summed E-state index contributed by atoms with van der Waals surface area (Å²) in [5, 5.41) is 0. The number of benzene rings is 1. The van der Waals surface area contributed by atoms with E-state index < -0.39 is 0 Å². The van der Waals surface area contributed by atoms with Gasteiger partial charge in [-0.15, -0.1) is 12.4 Å². The number of carbonyl (C=O) groups excluding carboxylic acids is 1. The first-order valence-electron chi connectivity index (χ1n) is 5.54. The number of ketones is 1. The Morgan fingerprint density at radius 3 is 2.69 bits per heavy atom. The third-order valence-electron chi connectivity index (χ3n) is 2.88. The lowest BCUT2D eigenvalue weighted by atomic mass is 10.0. The molecule has 0 fully saturated rings. The molecule has 3 heteroatoms. The molecular formula is C13H18ClNO. The average molecular weight is 240 g/mol. The second kappa shape index (κ2) is 6.02. The van der Waals surface area contributed by atoms with Crippen molar-refractivity contribution >= 4 is 18.2 Å². The topological polar surface area (TPSA) is 20.3 Å². The molecule has 1 aliphatic heterocycles. The van der Waals surface area contributed by atoms with Gasteiger partial charge in [0, 0.05) is 6.54 Å². The summed E-state index contributed by atoms with van der Waals surface area (Å²) in [5.74, 6) is 0.259. The normalized spacial score (nSPS) is 15.8. The highest BCUT2D eigenvalue weighted by atomic mass is 35.5. The third-order valence-corrected chi connectivity index (χ3v) is 2.88. The molecule has 0 saturated carbocycles. The van der Waals surface area contributed by atoms with Gasteiger partial charge in [-0.2, -0.15) is 0 Å². The van der Waals surface area contributed by atoms with Gasteiger partial charge in [0.05, 0.1) is 6.54 Å². The molecule has 88 valence electrons. The Bertz CT molecular complexity index is 365. The van der Waals surface area contributed by atoms with E-state index in [1.54, 1.807) is 6.92 Å². The van der Waals surface area contributed by atoms with Gasteiger partial charge in [0.25, 0.3) is 0 Å². The van der Waals surface area contributed by atoms with Gasteiger partial charge in [-0.1, -0.05) is 24.3 Å². The molecule has 1 aromatic rings. The Hall–Kier alpha value is -0.860. The molecule has 16 heavy (non-hydrogen) atoms. The van der Waals surface area contributed by atoms with Crippen LogP contribution in [0.5, 0.6) is 0 Å². The SMILES string of the molecule is CC(=O)CN1CCCc2ccccc2C1.Cl. The van der Waals surface area contributed by atoms with E-state index in [9.17, 15) is 4.79 Å². The van der Waals surface area contributed by atoms with Crippen LogP contribution in [0.2, 0.25) is 0 Å². The number of carbonyl (C=O) groups is 1. The molecule has 0 unspecified atom stereocenters. The minimum Gasteiger partial charge on any atom is -0.299 e. The van der Waals surface area contributed by atoms with E-state index in [1.165, 1.54) is 11.1 Å². The van der Waals surface area contributed by atoms with Gasteiger partial charge >= 0.3 is 0 Å². The van der Waals surface area contributed by atoms with Crippen LogP contribution >= 0.6 is 12.4 Å². The number of hydrogen-bond acceptors (Lipinski definition) is 2. The summed E-state index contributed by atoms with van der Waals surface area (Å²) in [7, 11) is 0. The summed E-state index contributed by atoms with van der Waals surface area (Å²) in [6, 6.07) is 8.55. The number of nitrogens with zero attached hydrogens (tertiary/aromatic N) is 1. The second-order valence-electron chi connectivity index (χ2n) is 4.28. The highest BCUT2D eigenvalue weighted by Crippen LogP contribution is 2.17. The van der Waals surface area contributed by atoms with E-state index in [1.807, 2.05) is 0 Å². The van der Waals surface area contributed by atoms with E-state index in [0.29, 0.717) is 6.54 Å². The van der Waals surface area contributed by atoms with Crippen LogP contribution in [-0.4, -0.2) is 23.8 Å². The van der Waals surface area contributed by atoms with Crippen LogP contribution in [0.1, 0.15) is 24.5 Å². The lowest BCUT2D eigenvalue weighted by molar-refractivity contribution is -0.118. The van der Waals surface area contributed by atoms with Crippen LogP contribution in [0.15, 0.2) is 24.3 Å². The molecular weight excluding hydrogens is 222 g/mol. The number of halogens is 1. The van der Waals surface area contributed by atoms with Gasteiger partial charge in [-0.3, -0.25) is 9.69 Å². The second-order valence-corrected chi connectivity index (χ2v) is 4.28. The fraction of sp³-hybridized carbons (Fsp3) is 0.462. The molecule has 1 aromatic carbocycles. The predicted molar refractivity (Wildman–Crippen MR) is 68.0 cm³/mol. The number of aryl methyl sites for hydroxylation is 1. The van der Waals surface area contributed by atoms with E-state index in [-0.39, 0.29) is 18.2 Å². The van der Waals surface area contributed by atoms with Crippen LogP contribution in [0, 0.1) is 0 Å². The van der Waals surface area contributed by atoms with E-state index in [4.69, 9.17) is 0 Å².